The fourth-order valence-corrected chi connectivity index (χ4v) is 0. The molecule has 0 rings (SSSR count). The van der Waals surface area contributed by atoms with Gasteiger partial charge in [0.05, 0.1) is 0 Å². The Morgan fingerprint density at radius 1 is 1.50 bits per heavy atom. The van der Waals surface area contributed by atoms with E-state index in [9.17, 15) is 0 Å². The summed E-state index contributed by atoms with van der Waals surface area (Å²) in [5.74, 6) is -0.833. The van der Waals surface area contributed by atoms with Crippen LogP contribution in [0.2, 0.25) is 0 Å². The maximum Gasteiger partial charge on any atom is -0.693 e. The van der Waals surface area contributed by atoms with Gasteiger partial charge in [0, 0.05) is 6.92 Å². The predicted octanol–water partition coefficient (Wildman–Crippen LogP) is 3.15. The number of hydrogen-bond acceptors (Lipinski definition) is 4. The number of carboxylic acids is 1. The minimum atomic E-state index is -0.833. The Kier molecular flexibility index (Phi) is 108. The van der Waals surface area contributed by atoms with Gasteiger partial charge in [-0.2, -0.15) is 0 Å². The first kappa shape index (κ1) is 29.6. The minimum Gasteiger partial charge on any atom is -0.693 e. The van der Waals surface area contributed by atoms with Crippen molar-refractivity contribution in [3.63, 3.8) is 0 Å². The molecule has 0 aromatic rings. The molecule has 0 saturated heterocycles. The largest absolute Gasteiger partial charge is 0.693 e. The molecule has 0 amide bonds. The van der Waals surface area contributed by atoms with Crippen molar-refractivity contribution < 1.29 is 26.4 Å². The van der Waals surface area contributed by atoms with Crippen LogP contribution in [-0.4, -0.2) is 11.1 Å². The monoisotopic (exact) mass is 403 g/mol. The van der Waals surface area contributed by atoms with Crippen molar-refractivity contribution >= 4 is 24.8 Å². The van der Waals surface area contributed by atoms with Crippen LogP contribution in [0.25, 0.3) is 12.3 Å². The summed E-state index contributed by atoms with van der Waals surface area (Å²) >= 11 is -0.472. The van der Waals surface area contributed by atoms with Crippen molar-refractivity contribution in [2.24, 2.45) is 5.34 Å². The molecular formula is C2H8Cl2N3O4Pt-. The molecule has 0 unspecified atom stereocenters. The molecule has 0 aromatic carbocycles. The quantitative estimate of drug-likeness (QED) is 0.486. The molecule has 0 radical (unpaired) electrons. The van der Waals surface area contributed by atoms with Gasteiger partial charge >= 0.3 is 35.3 Å². The first-order valence-corrected chi connectivity index (χ1v) is 7.16. The van der Waals surface area contributed by atoms with Gasteiger partial charge in [-0.1, -0.05) is 0 Å². The summed E-state index contributed by atoms with van der Waals surface area (Å²) in [7, 11) is 9.75. The van der Waals surface area contributed by atoms with Crippen LogP contribution in [-0.2, 0) is 21.3 Å². The summed E-state index contributed by atoms with van der Waals surface area (Å²) < 4.78 is 0. The molecule has 0 fully saturated rings. The second-order valence-electron chi connectivity index (χ2n) is 0.639. The Morgan fingerprint density at radius 3 is 1.50 bits per heavy atom. The molecule has 80 valence electrons. The zero-order valence-electron chi connectivity index (χ0n) is 5.85. The maximum atomic E-state index is 9.00. The normalized spacial score (nSPS) is 4.92. The number of nitrogens with zero attached hydrogens (tertiary/aromatic N) is 1. The molecule has 0 aromatic heterocycles. The van der Waals surface area contributed by atoms with Gasteiger partial charge < -0.3 is 27.5 Å². The molecule has 0 heterocycles. The van der Waals surface area contributed by atoms with Crippen LogP contribution >= 0.6 is 18.8 Å². The summed E-state index contributed by atoms with van der Waals surface area (Å²) in [6.45, 7) is 1.08. The molecule has 0 aliphatic heterocycles. The van der Waals surface area contributed by atoms with Gasteiger partial charge in [0.15, 0.2) is 0 Å². The van der Waals surface area contributed by atoms with E-state index in [2.05, 4.69) is 0 Å². The Morgan fingerprint density at radius 2 is 1.50 bits per heavy atom. The summed E-state index contributed by atoms with van der Waals surface area (Å²) in [5.41, 5.74) is 0. The van der Waals surface area contributed by atoms with E-state index in [1.807, 2.05) is 0 Å². The minimum absolute atomic E-state index is 0. The number of halogens is 2. The van der Waals surface area contributed by atoms with Gasteiger partial charge in [-0.25, -0.2) is 0 Å². The molecule has 10 heteroatoms. The van der Waals surface area contributed by atoms with Gasteiger partial charge in [0.2, 0.25) is 0 Å². The zero-order chi connectivity index (χ0) is 8.99. The Hall–Kier alpha value is 0.0583. The van der Waals surface area contributed by atoms with E-state index in [1.165, 1.54) is 0 Å². The van der Waals surface area contributed by atoms with E-state index in [4.69, 9.17) is 38.9 Å². The first-order valence-electron chi connectivity index (χ1n) is 1.53. The van der Waals surface area contributed by atoms with Crippen LogP contribution in [0.1, 0.15) is 6.92 Å². The average Bonchev–Trinajstić information content (AvgIpc) is 1.65. The van der Waals surface area contributed by atoms with Crippen molar-refractivity contribution in [1.29, 1.82) is 0 Å². The van der Waals surface area contributed by atoms with Gasteiger partial charge in [0.1, 0.15) is 0 Å². The third-order valence-corrected chi connectivity index (χ3v) is 0. The number of nitrogens with two attached hydrogens (primary N) is 2. The van der Waals surface area contributed by atoms with E-state index in [0.29, 0.717) is 0 Å². The Labute approximate surface area is 85.9 Å². The smallest absolute Gasteiger partial charge is 0.693 e. The molecule has 12 heavy (non-hydrogen) atoms. The zero-order valence-corrected chi connectivity index (χ0v) is 9.63. The molecule has 0 bridgehead atoms. The van der Waals surface area contributed by atoms with Crippen LogP contribution in [0.5, 0.6) is 0 Å². The van der Waals surface area contributed by atoms with Crippen LogP contribution in [0.3, 0.4) is 0 Å². The number of carbonyl (C=O) groups is 1. The van der Waals surface area contributed by atoms with Crippen LogP contribution in [0.15, 0.2) is 5.34 Å². The van der Waals surface area contributed by atoms with Crippen LogP contribution in [0.4, 0.5) is 0 Å². The second-order valence-corrected chi connectivity index (χ2v) is 3.92. The number of carboxylic acid groups (broad SMARTS) is 1. The fourth-order valence-electron chi connectivity index (χ4n) is 0. The van der Waals surface area contributed by atoms with Gasteiger partial charge in [-0.3, -0.25) is 4.79 Å². The van der Waals surface area contributed by atoms with Crippen molar-refractivity contribution in [2.75, 3.05) is 0 Å². The molecule has 0 aliphatic carbocycles. The van der Waals surface area contributed by atoms with Crippen LogP contribution < -0.4 is 0 Å². The van der Waals surface area contributed by atoms with Gasteiger partial charge in [0.25, 0.3) is 5.97 Å². The second kappa shape index (κ2) is 43.7. The maximum absolute atomic E-state index is 9.00. The predicted molar refractivity (Wildman–Crippen MR) is 44.7 cm³/mol. The number of hydrogen-bond donors (Lipinski definition) is 1. The first-order chi connectivity index (χ1) is 4.56. The van der Waals surface area contributed by atoms with Crippen molar-refractivity contribution in [1.82, 2.24) is 0 Å². The SMILES string of the molecule is CC(=O)O.O=N[O-].[Cl][Pt+2][Cl].[NH2-].[NH2-]. The van der Waals surface area contributed by atoms with Gasteiger partial charge in [-0.05, 0) is 0 Å². The van der Waals surface area contributed by atoms with E-state index in [0.717, 1.165) is 12.3 Å². The molecule has 0 aliphatic rings. The molecule has 5 N–H and O–H groups in total. The van der Waals surface area contributed by atoms with E-state index in [1.54, 1.807) is 0 Å². The Balaban J connectivity index is -0.0000000191. The van der Waals surface area contributed by atoms with Crippen molar-refractivity contribution in [3.8, 4) is 0 Å². The third-order valence-electron chi connectivity index (χ3n) is 0. The molecular weight excluding hydrogens is 396 g/mol. The summed E-state index contributed by atoms with van der Waals surface area (Å²) in [6, 6.07) is 0. The molecule has 0 atom stereocenters. The van der Waals surface area contributed by atoms with Crippen LogP contribution in [0, 0.1) is 10.1 Å². The average molecular weight is 404 g/mol. The third kappa shape index (κ3) is 243000. The summed E-state index contributed by atoms with van der Waals surface area (Å²) in [6.07, 6.45) is 0. The van der Waals surface area contributed by atoms with Crippen molar-refractivity contribution in [2.45, 2.75) is 6.92 Å². The molecule has 0 saturated carbocycles. The number of aliphatic carboxylic acids is 1. The standard InChI is InChI=1S/C2H4O2.2ClH.HNO2.2H2N.Pt/c1-2(3)4;;;2-1-3;;;/h1H3,(H,3,4);2*1H;(H,2,3);2*1H2;/q;;;;2*-1;+4/p-3. The van der Waals surface area contributed by atoms with E-state index >= 15 is 0 Å². The molecule has 7 nitrogen and oxygen atoms in total. The fraction of sp³-hybridized carbons (Fsp3) is 0.500. The number of rotatable bonds is 0. The van der Waals surface area contributed by atoms with Crippen molar-refractivity contribution in [3.05, 3.63) is 22.4 Å². The van der Waals surface area contributed by atoms with E-state index in [-0.39, 0.29) is 12.3 Å². The summed E-state index contributed by atoms with van der Waals surface area (Å²) in [4.78, 5) is 17.0. The Bertz CT molecular complexity index is 82.7. The van der Waals surface area contributed by atoms with Gasteiger partial charge in [-0.15, -0.1) is 5.34 Å². The molecule has 0 spiro atoms. The topological polar surface area (TPSA) is 157 Å². The summed E-state index contributed by atoms with van der Waals surface area (Å²) in [5, 5.41) is 16.4. The van der Waals surface area contributed by atoms with E-state index < -0.39 is 22.5 Å².